The Kier molecular flexibility index (Phi) is 3.77. The lowest BCUT2D eigenvalue weighted by Crippen LogP contribution is -2.27. The fourth-order valence-corrected chi connectivity index (χ4v) is 1.95. The molecule has 2 rings (SSSR count). The lowest BCUT2D eigenvalue weighted by atomic mass is 9.85. The Morgan fingerprint density at radius 1 is 1.24 bits per heavy atom. The van der Waals surface area contributed by atoms with Crippen LogP contribution in [0.1, 0.15) is 51.4 Å². The molecule has 0 unspecified atom stereocenters. The van der Waals surface area contributed by atoms with Gasteiger partial charge in [-0.25, -0.2) is 9.97 Å². The minimum atomic E-state index is 0.0396. The van der Waals surface area contributed by atoms with Crippen molar-refractivity contribution in [2.75, 3.05) is 6.54 Å². The van der Waals surface area contributed by atoms with Gasteiger partial charge in [-0.1, -0.05) is 27.2 Å². The molecule has 1 aliphatic rings. The van der Waals surface area contributed by atoms with Gasteiger partial charge in [0, 0.05) is 29.9 Å². The Morgan fingerprint density at radius 3 is 2.35 bits per heavy atom. The average Bonchev–Trinajstić information content (AvgIpc) is 2.21. The normalized spacial score (nSPS) is 16.9. The molecule has 0 saturated heterocycles. The average molecular weight is 233 g/mol. The molecule has 0 atom stereocenters. The highest BCUT2D eigenvalue weighted by atomic mass is 14.9. The van der Waals surface area contributed by atoms with Crippen LogP contribution in [0.2, 0.25) is 0 Å². The highest BCUT2D eigenvalue weighted by Gasteiger charge is 2.17. The van der Waals surface area contributed by atoms with Crippen molar-refractivity contribution in [3.63, 3.8) is 0 Å². The first-order valence-corrected chi connectivity index (χ1v) is 6.58. The van der Waals surface area contributed by atoms with Crippen molar-refractivity contribution in [2.24, 2.45) is 5.92 Å². The predicted molar refractivity (Wildman–Crippen MR) is 69.8 cm³/mol. The molecule has 1 N–H and O–H groups in total. The van der Waals surface area contributed by atoms with Crippen LogP contribution >= 0.6 is 0 Å². The second kappa shape index (κ2) is 5.13. The van der Waals surface area contributed by atoms with Gasteiger partial charge in [0.2, 0.25) is 0 Å². The van der Waals surface area contributed by atoms with E-state index in [1.807, 2.05) is 12.4 Å². The lowest BCUT2D eigenvalue weighted by Gasteiger charge is -2.25. The van der Waals surface area contributed by atoms with E-state index < -0.39 is 0 Å². The maximum atomic E-state index is 4.43. The molecule has 1 aliphatic carbocycles. The SMILES string of the molecule is CC(C)(C)c1ncc(CNCC2CCC2)cn1. The van der Waals surface area contributed by atoms with Gasteiger partial charge in [0.05, 0.1) is 0 Å². The molecule has 0 aliphatic heterocycles. The van der Waals surface area contributed by atoms with Crippen LogP contribution in [0.25, 0.3) is 0 Å². The summed E-state index contributed by atoms with van der Waals surface area (Å²) < 4.78 is 0. The third-order valence-electron chi connectivity index (χ3n) is 3.36. The lowest BCUT2D eigenvalue weighted by molar-refractivity contribution is 0.301. The summed E-state index contributed by atoms with van der Waals surface area (Å²) in [6.07, 6.45) is 8.09. The molecule has 1 aromatic rings. The highest BCUT2D eigenvalue weighted by molar-refractivity contribution is 5.09. The first-order valence-electron chi connectivity index (χ1n) is 6.58. The van der Waals surface area contributed by atoms with Crippen LogP contribution in [-0.2, 0) is 12.0 Å². The van der Waals surface area contributed by atoms with Gasteiger partial charge in [0.25, 0.3) is 0 Å². The van der Waals surface area contributed by atoms with Gasteiger partial charge in [-0.05, 0) is 25.3 Å². The number of hydrogen-bond acceptors (Lipinski definition) is 3. The first kappa shape index (κ1) is 12.5. The Hall–Kier alpha value is -0.960. The summed E-state index contributed by atoms with van der Waals surface area (Å²) in [6.45, 7) is 8.44. The van der Waals surface area contributed by atoms with E-state index >= 15 is 0 Å². The molecule has 0 aromatic carbocycles. The van der Waals surface area contributed by atoms with Crippen LogP contribution < -0.4 is 5.32 Å². The van der Waals surface area contributed by atoms with Gasteiger partial charge in [-0.15, -0.1) is 0 Å². The topological polar surface area (TPSA) is 37.8 Å². The van der Waals surface area contributed by atoms with E-state index in [1.165, 1.54) is 24.8 Å². The van der Waals surface area contributed by atoms with Gasteiger partial charge in [0.1, 0.15) is 5.82 Å². The van der Waals surface area contributed by atoms with E-state index in [2.05, 4.69) is 36.1 Å². The first-order chi connectivity index (χ1) is 8.05. The molecule has 0 amide bonds. The Labute approximate surface area is 104 Å². The summed E-state index contributed by atoms with van der Waals surface area (Å²) in [5.74, 6) is 1.82. The Bertz CT molecular complexity index is 347. The van der Waals surface area contributed by atoms with E-state index in [-0.39, 0.29) is 5.41 Å². The number of nitrogens with one attached hydrogen (secondary N) is 1. The summed E-state index contributed by atoms with van der Waals surface area (Å²) >= 11 is 0. The predicted octanol–water partition coefficient (Wildman–Crippen LogP) is 2.66. The van der Waals surface area contributed by atoms with Crippen LogP contribution in [0.4, 0.5) is 0 Å². The van der Waals surface area contributed by atoms with Crippen molar-refractivity contribution in [3.05, 3.63) is 23.8 Å². The van der Waals surface area contributed by atoms with Crippen molar-refractivity contribution in [3.8, 4) is 0 Å². The summed E-state index contributed by atoms with van der Waals surface area (Å²) in [5.41, 5.74) is 1.22. The second-order valence-corrected chi connectivity index (χ2v) is 6.09. The van der Waals surface area contributed by atoms with Crippen LogP contribution in [-0.4, -0.2) is 16.5 Å². The molecule has 94 valence electrons. The standard InChI is InChI=1S/C14H23N3/c1-14(2,3)13-16-9-12(10-17-13)8-15-7-11-5-4-6-11/h9-11,15H,4-8H2,1-3H3. The molecular formula is C14H23N3. The van der Waals surface area contributed by atoms with E-state index in [0.717, 1.165) is 24.8 Å². The Morgan fingerprint density at radius 2 is 1.88 bits per heavy atom. The maximum absolute atomic E-state index is 4.43. The van der Waals surface area contributed by atoms with Gasteiger partial charge in [-0.2, -0.15) is 0 Å². The van der Waals surface area contributed by atoms with Crippen molar-refractivity contribution in [2.45, 2.75) is 52.0 Å². The summed E-state index contributed by atoms with van der Waals surface area (Å²) in [4.78, 5) is 8.86. The molecule has 0 radical (unpaired) electrons. The van der Waals surface area contributed by atoms with Crippen LogP contribution in [0, 0.1) is 5.92 Å². The quantitative estimate of drug-likeness (QED) is 0.869. The molecular weight excluding hydrogens is 210 g/mol. The summed E-state index contributed by atoms with van der Waals surface area (Å²) in [7, 11) is 0. The zero-order valence-electron chi connectivity index (χ0n) is 11.2. The molecule has 3 heteroatoms. The van der Waals surface area contributed by atoms with Crippen molar-refractivity contribution in [1.29, 1.82) is 0 Å². The van der Waals surface area contributed by atoms with E-state index in [1.54, 1.807) is 0 Å². The summed E-state index contributed by atoms with van der Waals surface area (Å²) in [6, 6.07) is 0. The molecule has 0 bridgehead atoms. The Balaban J connectivity index is 1.81. The molecule has 1 aromatic heterocycles. The zero-order chi connectivity index (χ0) is 12.3. The largest absolute Gasteiger partial charge is 0.312 e. The van der Waals surface area contributed by atoms with Crippen molar-refractivity contribution >= 4 is 0 Å². The molecule has 1 heterocycles. The molecule has 17 heavy (non-hydrogen) atoms. The third-order valence-corrected chi connectivity index (χ3v) is 3.36. The van der Waals surface area contributed by atoms with Crippen molar-refractivity contribution < 1.29 is 0 Å². The molecule has 3 nitrogen and oxygen atoms in total. The van der Waals surface area contributed by atoms with Crippen LogP contribution in [0.3, 0.4) is 0 Å². The third kappa shape index (κ3) is 3.50. The number of nitrogens with zero attached hydrogens (tertiary/aromatic N) is 2. The highest BCUT2D eigenvalue weighted by Crippen LogP contribution is 2.25. The number of hydrogen-bond donors (Lipinski definition) is 1. The van der Waals surface area contributed by atoms with Crippen LogP contribution in [0.5, 0.6) is 0 Å². The van der Waals surface area contributed by atoms with Gasteiger partial charge in [0.15, 0.2) is 0 Å². The number of aromatic nitrogens is 2. The number of rotatable bonds is 4. The second-order valence-electron chi connectivity index (χ2n) is 6.09. The molecule has 1 fully saturated rings. The van der Waals surface area contributed by atoms with Gasteiger partial charge in [-0.3, -0.25) is 0 Å². The van der Waals surface area contributed by atoms with Gasteiger partial charge < -0.3 is 5.32 Å². The fraction of sp³-hybridized carbons (Fsp3) is 0.714. The molecule has 1 saturated carbocycles. The summed E-state index contributed by atoms with van der Waals surface area (Å²) in [5, 5.41) is 3.48. The van der Waals surface area contributed by atoms with E-state index in [4.69, 9.17) is 0 Å². The van der Waals surface area contributed by atoms with Crippen molar-refractivity contribution in [1.82, 2.24) is 15.3 Å². The fourth-order valence-electron chi connectivity index (χ4n) is 1.95. The maximum Gasteiger partial charge on any atom is 0.133 e. The van der Waals surface area contributed by atoms with E-state index in [0.29, 0.717) is 0 Å². The van der Waals surface area contributed by atoms with Crippen LogP contribution in [0.15, 0.2) is 12.4 Å². The monoisotopic (exact) mass is 233 g/mol. The molecule has 0 spiro atoms. The minimum Gasteiger partial charge on any atom is -0.312 e. The van der Waals surface area contributed by atoms with E-state index in [9.17, 15) is 0 Å². The minimum absolute atomic E-state index is 0.0396. The smallest absolute Gasteiger partial charge is 0.133 e. The van der Waals surface area contributed by atoms with Gasteiger partial charge >= 0.3 is 0 Å². The zero-order valence-corrected chi connectivity index (χ0v) is 11.2.